The van der Waals surface area contributed by atoms with Crippen LogP contribution in [0.15, 0.2) is 84.9 Å². The third-order valence-corrected chi connectivity index (χ3v) is 5.54. The molecule has 0 aliphatic heterocycles. The summed E-state index contributed by atoms with van der Waals surface area (Å²) in [6.07, 6.45) is 7.90. The van der Waals surface area contributed by atoms with Crippen molar-refractivity contribution < 1.29 is 0 Å². The highest BCUT2D eigenvalue weighted by molar-refractivity contribution is 6.03. The quantitative estimate of drug-likeness (QED) is 0.289. The van der Waals surface area contributed by atoms with Crippen LogP contribution in [0.1, 0.15) is 33.6 Å². The van der Waals surface area contributed by atoms with Crippen molar-refractivity contribution in [3.8, 4) is 12.1 Å². The van der Waals surface area contributed by atoms with Crippen LogP contribution in [0.4, 0.5) is 0 Å². The Morgan fingerprint density at radius 3 is 1.24 bits per heavy atom. The average Bonchev–Trinajstić information content (AvgIpc) is 2.91. The van der Waals surface area contributed by atoms with Crippen LogP contribution in [-0.2, 0) is 0 Å². The molecular weight excluding hydrogens is 416 g/mol. The topological polar surface area (TPSA) is 73.4 Å². The Kier molecular flexibility index (Phi) is 5.64. The third kappa shape index (κ3) is 4.43. The minimum Gasteiger partial charge on any atom is -0.246 e. The second-order valence-corrected chi connectivity index (χ2v) is 7.82. The highest BCUT2D eigenvalue weighted by Gasteiger charge is 2.05. The minimum absolute atomic E-state index is 0.641. The van der Waals surface area contributed by atoms with Gasteiger partial charge in [0.25, 0.3) is 0 Å². The maximum atomic E-state index is 8.96. The molecule has 2 aromatic heterocycles. The minimum atomic E-state index is 0.641. The van der Waals surface area contributed by atoms with Crippen LogP contribution < -0.4 is 0 Å². The molecule has 4 nitrogen and oxygen atoms in total. The van der Waals surface area contributed by atoms with E-state index < -0.39 is 0 Å². The van der Waals surface area contributed by atoms with E-state index in [1.165, 1.54) is 0 Å². The molecule has 34 heavy (non-hydrogen) atoms. The van der Waals surface area contributed by atoms with Crippen LogP contribution in [0, 0.1) is 22.7 Å². The largest absolute Gasteiger partial charge is 0.246 e. The van der Waals surface area contributed by atoms with E-state index in [0.717, 1.165) is 44.3 Å². The summed E-state index contributed by atoms with van der Waals surface area (Å²) in [6, 6.07) is 31.4. The Labute approximate surface area is 197 Å². The molecule has 0 aliphatic rings. The zero-order valence-electron chi connectivity index (χ0n) is 18.2. The molecule has 0 saturated heterocycles. The van der Waals surface area contributed by atoms with Crippen molar-refractivity contribution in [3.63, 3.8) is 0 Å². The normalized spacial score (nSPS) is 11.2. The lowest BCUT2D eigenvalue weighted by molar-refractivity contribution is 1.34. The molecule has 0 spiro atoms. The van der Waals surface area contributed by atoms with Gasteiger partial charge in [0.2, 0.25) is 0 Å². The van der Waals surface area contributed by atoms with Gasteiger partial charge in [-0.2, -0.15) is 10.5 Å². The van der Waals surface area contributed by atoms with Gasteiger partial charge in [-0.15, -0.1) is 0 Å². The van der Waals surface area contributed by atoms with E-state index in [4.69, 9.17) is 20.5 Å². The van der Waals surface area contributed by atoms with Crippen LogP contribution in [-0.4, -0.2) is 9.97 Å². The third-order valence-electron chi connectivity index (χ3n) is 5.54. The first kappa shape index (κ1) is 20.8. The number of nitriles is 2. The Hall–Kier alpha value is -5.06. The van der Waals surface area contributed by atoms with Gasteiger partial charge in [0.15, 0.2) is 0 Å². The first-order valence-corrected chi connectivity index (χ1v) is 10.8. The van der Waals surface area contributed by atoms with Crippen molar-refractivity contribution in [2.24, 2.45) is 0 Å². The molecule has 0 bridgehead atoms. The Morgan fingerprint density at radius 1 is 0.471 bits per heavy atom. The molecule has 0 amide bonds. The van der Waals surface area contributed by atoms with Crippen LogP contribution >= 0.6 is 0 Å². The molecule has 0 aliphatic carbocycles. The molecule has 0 saturated carbocycles. The fourth-order valence-electron chi connectivity index (χ4n) is 3.68. The van der Waals surface area contributed by atoms with Gasteiger partial charge in [0, 0.05) is 10.8 Å². The first-order chi connectivity index (χ1) is 16.7. The van der Waals surface area contributed by atoms with Gasteiger partial charge < -0.3 is 0 Å². The number of aromatic nitrogens is 2. The van der Waals surface area contributed by atoms with Gasteiger partial charge in [-0.3, -0.25) is 0 Å². The molecule has 5 rings (SSSR count). The molecule has 0 N–H and O–H groups in total. The number of fused-ring (bicyclic) bond motifs is 3. The summed E-state index contributed by atoms with van der Waals surface area (Å²) in [5, 5.41) is 20.0. The van der Waals surface area contributed by atoms with Crippen LogP contribution in [0.2, 0.25) is 0 Å². The monoisotopic (exact) mass is 434 g/mol. The molecule has 0 fully saturated rings. The Morgan fingerprint density at radius 2 is 0.853 bits per heavy atom. The van der Waals surface area contributed by atoms with Crippen molar-refractivity contribution in [1.29, 1.82) is 10.5 Å². The zero-order valence-corrected chi connectivity index (χ0v) is 18.2. The van der Waals surface area contributed by atoms with Gasteiger partial charge in [-0.1, -0.05) is 60.7 Å². The summed E-state index contributed by atoms with van der Waals surface area (Å²) in [5.74, 6) is 0. The summed E-state index contributed by atoms with van der Waals surface area (Å²) in [4.78, 5) is 9.75. The molecule has 0 unspecified atom stereocenters. The molecule has 2 heterocycles. The summed E-state index contributed by atoms with van der Waals surface area (Å²) in [6.45, 7) is 0. The summed E-state index contributed by atoms with van der Waals surface area (Å²) in [5.41, 5.74) is 6.68. The highest BCUT2D eigenvalue weighted by atomic mass is 14.8. The molecule has 4 heteroatoms. The van der Waals surface area contributed by atoms with Gasteiger partial charge in [0.1, 0.15) is 0 Å². The number of hydrogen-bond acceptors (Lipinski definition) is 4. The van der Waals surface area contributed by atoms with Crippen molar-refractivity contribution in [3.05, 3.63) is 119 Å². The number of nitrogens with zero attached hydrogens (tertiary/aromatic N) is 4. The standard InChI is InChI=1S/C30H18N4/c31-19-23-5-1-21(2-6-23)9-15-27-17-13-25-11-12-26-14-18-28(34-30(26)29(25)33-27)16-10-22-3-7-24(20-32)8-4-22/h1-18H/b15-9+,16-10+. The molecule has 3 aromatic carbocycles. The molecule has 5 aromatic rings. The maximum Gasteiger partial charge on any atom is 0.0991 e. The van der Waals surface area contributed by atoms with Crippen LogP contribution in [0.3, 0.4) is 0 Å². The molecule has 158 valence electrons. The van der Waals surface area contributed by atoms with E-state index in [-0.39, 0.29) is 0 Å². The second-order valence-electron chi connectivity index (χ2n) is 7.82. The number of rotatable bonds is 4. The summed E-state index contributed by atoms with van der Waals surface area (Å²) < 4.78 is 0. The Bertz CT molecular complexity index is 1520. The zero-order chi connectivity index (χ0) is 23.3. The second kappa shape index (κ2) is 9.20. The summed E-state index contributed by atoms with van der Waals surface area (Å²) in [7, 11) is 0. The van der Waals surface area contributed by atoms with E-state index in [2.05, 4.69) is 36.4 Å². The average molecular weight is 435 g/mol. The van der Waals surface area contributed by atoms with Crippen molar-refractivity contribution in [2.45, 2.75) is 0 Å². The van der Waals surface area contributed by atoms with Crippen LogP contribution in [0.25, 0.3) is 46.1 Å². The number of hydrogen-bond donors (Lipinski definition) is 0. The van der Waals surface area contributed by atoms with Crippen molar-refractivity contribution in [1.82, 2.24) is 9.97 Å². The number of benzene rings is 3. The SMILES string of the molecule is N#Cc1ccc(/C=C/c2ccc3ccc4ccc(/C=C/c5ccc(C#N)cc5)nc4c3n2)cc1. The predicted octanol–water partition coefficient (Wildman–Crippen LogP) is 6.87. The lowest BCUT2D eigenvalue weighted by Crippen LogP contribution is -1.90. The first-order valence-electron chi connectivity index (χ1n) is 10.8. The molecular formula is C30H18N4. The van der Waals surface area contributed by atoms with Gasteiger partial charge >= 0.3 is 0 Å². The van der Waals surface area contributed by atoms with Crippen molar-refractivity contribution >= 4 is 46.1 Å². The fraction of sp³-hybridized carbons (Fsp3) is 0. The summed E-state index contributed by atoms with van der Waals surface area (Å²) >= 11 is 0. The molecule has 0 radical (unpaired) electrons. The number of pyridine rings is 2. The predicted molar refractivity (Wildman–Crippen MR) is 137 cm³/mol. The van der Waals surface area contributed by atoms with E-state index in [1.807, 2.05) is 60.7 Å². The van der Waals surface area contributed by atoms with E-state index in [0.29, 0.717) is 11.1 Å². The molecule has 0 atom stereocenters. The van der Waals surface area contributed by atoms with Gasteiger partial charge in [-0.05, 0) is 59.7 Å². The van der Waals surface area contributed by atoms with E-state index in [1.54, 1.807) is 24.3 Å². The fourth-order valence-corrected chi connectivity index (χ4v) is 3.68. The van der Waals surface area contributed by atoms with E-state index >= 15 is 0 Å². The highest BCUT2D eigenvalue weighted by Crippen LogP contribution is 2.24. The van der Waals surface area contributed by atoms with Crippen molar-refractivity contribution in [2.75, 3.05) is 0 Å². The van der Waals surface area contributed by atoms with E-state index in [9.17, 15) is 0 Å². The lowest BCUT2D eigenvalue weighted by Gasteiger charge is -2.05. The Balaban J connectivity index is 1.48. The van der Waals surface area contributed by atoms with Gasteiger partial charge in [-0.25, -0.2) is 9.97 Å². The smallest absolute Gasteiger partial charge is 0.0991 e. The van der Waals surface area contributed by atoms with Gasteiger partial charge in [0.05, 0.1) is 45.7 Å². The van der Waals surface area contributed by atoms with Crippen LogP contribution in [0.5, 0.6) is 0 Å². The maximum absolute atomic E-state index is 8.96. The lowest BCUT2D eigenvalue weighted by atomic mass is 10.1.